The summed E-state index contributed by atoms with van der Waals surface area (Å²) in [7, 11) is -10.2. The highest BCUT2D eigenvalue weighted by Gasteiger charge is 2.39. The number of pyridine rings is 3. The molecule has 0 spiro atoms. The second-order valence-corrected chi connectivity index (χ2v) is 27.3. The van der Waals surface area contributed by atoms with Crippen LogP contribution in [0.5, 0.6) is 0 Å². The Morgan fingerprint density at radius 2 is 0.868 bits per heavy atom. The summed E-state index contributed by atoms with van der Waals surface area (Å²) in [5.74, 6) is -1.65. The molecule has 11 rings (SSSR count). The summed E-state index contributed by atoms with van der Waals surface area (Å²) in [6.45, 7) is 5.09. The van der Waals surface area contributed by atoms with Crippen molar-refractivity contribution >= 4 is 113 Å². The molecular formula is C66H67BClF9N18O9S2. The number of amides is 3. The highest BCUT2D eigenvalue weighted by Crippen LogP contribution is 2.33. The summed E-state index contributed by atoms with van der Waals surface area (Å²) in [6, 6.07) is 29.3. The molecule has 27 nitrogen and oxygen atoms in total. The topological polar surface area (TPSA) is 374 Å². The van der Waals surface area contributed by atoms with Crippen molar-refractivity contribution in [1.82, 2.24) is 73.7 Å². The van der Waals surface area contributed by atoms with Crippen molar-refractivity contribution in [3.8, 4) is 22.8 Å². The standard InChI is InChI=1S/C24H23F3N6O3S.C18H19F3N6O.C13H11BN2O4S.C11H14ClF3N4O/c1-3-23(2,22(34)30-15-24(25,26)27)32-19-11-13-28-20(31-19)18-14-33(21-17(18)10-7-12-29-21)37(35,36)16-8-5-4-6-9-16;1-3-17(2,16(28)25-10-18(19,20)21)27-13-6-8-23-15(26-13)12-9-24-14-11(12)5-4-7-22-14;17-14(18)12-9-16(13-11(12)7-4-8-15-13)21(19,20)10-5-2-1-3-6-10;1-3-10(2,8(20)17-6-11(13,14)15)19-7-4-5-16-9(12)18-7/h4-14H,3,15H2,1-2H3,(H,30,34)(H,28,31,32);4-9H,3,10H2,1-2H3,(H,22,24)(H,25,28)(H,23,26,27);1-9,17-18H;4-5H,3,6H2,1-2H3,(H,17,20)(H,16,18,19)/t23-;17-;;10-/m11.1/s1/i14D;2*9D;. The number of fused-ring (bicyclic) bond motifs is 3. The van der Waals surface area contributed by atoms with E-state index in [1.165, 1.54) is 106 Å². The lowest BCUT2D eigenvalue weighted by Gasteiger charge is -2.29. The molecule has 11 aromatic rings. The molecule has 0 fully saturated rings. The number of alkyl halides is 9. The average Bonchev–Trinajstić information content (AvgIpc) is 1.59. The Bertz CT molecular complexity index is 5320. The van der Waals surface area contributed by atoms with Gasteiger partial charge in [-0.25, -0.2) is 69.6 Å². The van der Waals surface area contributed by atoms with Gasteiger partial charge in [-0.2, -0.15) is 39.5 Å². The third-order valence-electron chi connectivity index (χ3n) is 15.7. The first-order valence-corrected chi connectivity index (χ1v) is 34.7. The van der Waals surface area contributed by atoms with Gasteiger partial charge in [0.2, 0.25) is 23.0 Å². The number of aromatic amines is 1. The van der Waals surface area contributed by atoms with E-state index in [0.29, 0.717) is 26.0 Å². The van der Waals surface area contributed by atoms with E-state index in [4.69, 9.17) is 15.7 Å². The molecule has 560 valence electrons. The molecule has 2 aromatic carbocycles. The molecule has 3 amide bonds. The van der Waals surface area contributed by atoms with Crippen molar-refractivity contribution < 1.29 is 84.9 Å². The fourth-order valence-corrected chi connectivity index (χ4v) is 12.3. The average molecular weight is 1540 g/mol. The van der Waals surface area contributed by atoms with Crippen LogP contribution in [0.2, 0.25) is 5.28 Å². The number of hydrogen-bond acceptors (Lipinski definition) is 21. The van der Waals surface area contributed by atoms with Gasteiger partial charge in [0, 0.05) is 88.4 Å². The minimum Gasteiger partial charge on any atom is -0.423 e. The van der Waals surface area contributed by atoms with Gasteiger partial charge in [0.05, 0.1) is 13.9 Å². The summed E-state index contributed by atoms with van der Waals surface area (Å²) in [5, 5.41) is 34.2. The minimum absolute atomic E-state index is 0.00300. The van der Waals surface area contributed by atoms with E-state index in [-0.39, 0.29) is 97.3 Å². The number of anilines is 3. The van der Waals surface area contributed by atoms with Crippen LogP contribution in [0.25, 0.3) is 55.9 Å². The van der Waals surface area contributed by atoms with Gasteiger partial charge < -0.3 is 46.9 Å². The van der Waals surface area contributed by atoms with E-state index in [2.05, 4.69) is 65.8 Å². The van der Waals surface area contributed by atoms with Crippen molar-refractivity contribution in [2.75, 3.05) is 35.6 Å². The summed E-state index contributed by atoms with van der Waals surface area (Å²) in [4.78, 5) is 76.5. The quantitative estimate of drug-likeness (QED) is 0.0173. The first-order valence-electron chi connectivity index (χ1n) is 33.0. The molecule has 106 heavy (non-hydrogen) atoms. The lowest BCUT2D eigenvalue weighted by molar-refractivity contribution is -0.140. The molecule has 0 aliphatic carbocycles. The molecule has 9 aromatic heterocycles. The number of aromatic nitrogens is 12. The number of H-pyrrole nitrogens is 1. The zero-order valence-electron chi connectivity index (χ0n) is 59.5. The van der Waals surface area contributed by atoms with E-state index in [9.17, 15) is 80.8 Å². The van der Waals surface area contributed by atoms with E-state index in [1.807, 2.05) is 16.0 Å². The Morgan fingerprint density at radius 3 is 1.28 bits per heavy atom. The lowest BCUT2D eigenvalue weighted by atomic mass is 9.80. The summed E-state index contributed by atoms with van der Waals surface area (Å²) in [5.41, 5.74) is -3.17. The molecule has 0 radical (unpaired) electrons. The van der Waals surface area contributed by atoms with Crippen molar-refractivity contribution in [3.05, 3.63) is 176 Å². The van der Waals surface area contributed by atoms with E-state index < -0.39 is 112 Å². The Balaban J connectivity index is 0.000000189. The van der Waals surface area contributed by atoms with E-state index in [0.717, 1.165) is 3.97 Å². The molecule has 9 heterocycles. The number of nitrogens with zero attached hydrogens (tertiary/aromatic N) is 11. The first kappa shape index (κ1) is 76.2. The molecule has 0 saturated heterocycles. The first-order chi connectivity index (χ1) is 51.1. The van der Waals surface area contributed by atoms with Gasteiger partial charge in [-0.1, -0.05) is 57.2 Å². The van der Waals surface area contributed by atoms with Crippen LogP contribution < -0.4 is 37.4 Å². The predicted molar refractivity (Wildman–Crippen MR) is 377 cm³/mol. The fraction of sp³-hybridized carbons (Fsp3) is 0.273. The SMILES string of the molecule is CC[C@@](C)(Nc1ccnc(Cl)n1)C(=O)NCC(F)(F)F.[2H]c1[nH]c2ncccc2c1-c1nccc(N[C@](C)(CC)C(=O)NCC(F)(F)F)n1.[2H]c1c(-c2nccc(N[C@](C)(CC)C(=O)NCC(F)(F)F)n2)c2cccnc2n1S(=O)(=O)c1ccccc1.[2H]c1c(B(O)O)c2cccnc2n1S(=O)(=O)c1ccccc1. The van der Waals surface area contributed by atoms with Gasteiger partial charge >= 0.3 is 25.6 Å². The third kappa shape index (κ3) is 20.3. The molecule has 3 atom stereocenters. The largest absolute Gasteiger partial charge is 0.490 e. The molecule has 40 heteroatoms. The van der Waals surface area contributed by atoms with Gasteiger partial charge in [-0.05, 0) is 130 Å². The molecule has 0 aliphatic rings. The molecule has 0 saturated carbocycles. The van der Waals surface area contributed by atoms with Gasteiger partial charge in [0.1, 0.15) is 59.4 Å². The number of rotatable bonds is 22. The molecule has 9 N–H and O–H groups in total. The van der Waals surface area contributed by atoms with Crippen molar-refractivity contribution in [3.63, 3.8) is 0 Å². The van der Waals surface area contributed by atoms with Crippen LogP contribution in [-0.2, 0) is 34.4 Å². The second kappa shape index (κ2) is 33.5. The molecular weight excluding hydrogens is 1470 g/mol. The number of nitrogens with one attached hydrogen (secondary N) is 7. The summed E-state index contributed by atoms with van der Waals surface area (Å²) >= 11 is 5.61. The molecule has 0 aliphatic heterocycles. The number of halogens is 10. The van der Waals surface area contributed by atoms with Crippen LogP contribution in [0.3, 0.4) is 0 Å². The van der Waals surface area contributed by atoms with Crippen LogP contribution in [0, 0.1) is 0 Å². The predicted octanol–water partition coefficient (Wildman–Crippen LogP) is 9.61. The summed E-state index contributed by atoms with van der Waals surface area (Å²) in [6.07, 6.45) is -5.27. The van der Waals surface area contributed by atoms with Crippen molar-refractivity contribution in [2.24, 2.45) is 0 Å². The van der Waals surface area contributed by atoms with Crippen LogP contribution in [0.4, 0.5) is 57.0 Å². The van der Waals surface area contributed by atoms with Crippen LogP contribution in [0.15, 0.2) is 181 Å². The Labute approximate surface area is 608 Å². The normalized spacial score (nSPS) is 13.9. The Morgan fingerprint density at radius 1 is 0.491 bits per heavy atom. The highest BCUT2D eigenvalue weighted by atomic mass is 35.5. The number of hydrogen-bond donors (Lipinski definition) is 9. The van der Waals surface area contributed by atoms with Gasteiger partial charge in [0.15, 0.2) is 22.9 Å². The smallest absolute Gasteiger partial charge is 0.423 e. The van der Waals surface area contributed by atoms with Gasteiger partial charge in [-0.15, -0.1) is 0 Å². The maximum Gasteiger partial charge on any atom is 0.490 e. The van der Waals surface area contributed by atoms with Gasteiger partial charge in [0.25, 0.3) is 20.0 Å². The lowest BCUT2D eigenvalue weighted by Crippen LogP contribution is -2.52. The monoisotopic (exact) mass is 1540 g/mol. The van der Waals surface area contributed by atoms with Crippen molar-refractivity contribution in [1.29, 1.82) is 0 Å². The zero-order valence-corrected chi connectivity index (χ0v) is 58.9. The fourth-order valence-electron chi connectivity index (χ4n) is 9.54. The second-order valence-electron chi connectivity index (χ2n) is 23.4. The summed E-state index contributed by atoms with van der Waals surface area (Å²) < 4.78 is 190. The highest BCUT2D eigenvalue weighted by molar-refractivity contribution is 7.90. The number of carbonyl (C=O) groups is 3. The van der Waals surface area contributed by atoms with Crippen molar-refractivity contribution in [2.45, 2.75) is 106 Å². The van der Waals surface area contributed by atoms with Gasteiger partial charge in [-0.3, -0.25) is 14.4 Å². The third-order valence-corrected chi connectivity index (χ3v) is 19.1. The van der Waals surface area contributed by atoms with Crippen LogP contribution in [-0.4, -0.2) is 164 Å². The van der Waals surface area contributed by atoms with E-state index in [1.54, 1.807) is 87.6 Å². The maximum absolute atomic E-state index is 13.4. The molecule has 0 unspecified atom stereocenters. The number of carbonyl (C=O) groups excluding carboxylic acids is 3. The van der Waals surface area contributed by atoms with E-state index >= 15 is 0 Å². The Kier molecular flexibility index (Phi) is 24.1. The van der Waals surface area contributed by atoms with Crippen LogP contribution >= 0.6 is 11.6 Å². The maximum atomic E-state index is 13.4. The number of benzene rings is 2. The Hall–Kier alpha value is -10.9. The zero-order chi connectivity index (χ0) is 80.2. The minimum atomic E-state index is -4.57. The molecule has 0 bridgehead atoms. The van der Waals surface area contributed by atoms with Crippen LogP contribution in [0.1, 0.15) is 64.9 Å².